The van der Waals surface area contributed by atoms with Crippen LogP contribution in [0.25, 0.3) is 18.2 Å². The van der Waals surface area contributed by atoms with Crippen molar-refractivity contribution in [3.63, 3.8) is 0 Å². The van der Waals surface area contributed by atoms with Gasteiger partial charge in [0.25, 0.3) is 0 Å². The third-order valence-corrected chi connectivity index (χ3v) is 4.68. The van der Waals surface area contributed by atoms with Crippen LogP contribution >= 0.6 is 0 Å². The lowest BCUT2D eigenvalue weighted by Gasteiger charge is -2.13. The molecule has 3 rings (SSSR count). The Morgan fingerprint density at radius 1 is 1.00 bits per heavy atom. The maximum atomic E-state index is 12.5. The summed E-state index contributed by atoms with van der Waals surface area (Å²) in [5.41, 5.74) is 1.19. The van der Waals surface area contributed by atoms with Gasteiger partial charge < -0.3 is 23.7 Å². The predicted molar refractivity (Wildman–Crippen MR) is 122 cm³/mol. The number of rotatable bonds is 7. The van der Waals surface area contributed by atoms with Crippen LogP contribution in [0.15, 0.2) is 41.5 Å². The molecule has 0 saturated carbocycles. The molecule has 0 bridgehead atoms. The van der Waals surface area contributed by atoms with Crippen LogP contribution in [-0.4, -0.2) is 45.3 Å². The molecule has 32 heavy (non-hydrogen) atoms. The van der Waals surface area contributed by atoms with Crippen molar-refractivity contribution in [2.24, 2.45) is 4.99 Å². The standard InChI is InChI=1S/C24H24N2O6/c1-7-9-17-14(8-2)10-15(22(25-17)31-6)11-18-24(27)32-23(26-18)16-12-19(28-3)21(30-5)20(13-16)29-4/h7-13H,1H2,2-6H3/b14-8-,17-9+,18-11-. The Kier molecular flexibility index (Phi) is 6.94. The van der Waals surface area contributed by atoms with Crippen molar-refractivity contribution in [2.45, 2.75) is 6.92 Å². The molecule has 8 heteroatoms. The van der Waals surface area contributed by atoms with E-state index in [0.717, 1.165) is 5.22 Å². The van der Waals surface area contributed by atoms with E-state index in [0.29, 0.717) is 39.6 Å². The van der Waals surface area contributed by atoms with Crippen molar-refractivity contribution in [3.8, 4) is 23.1 Å². The number of aromatic nitrogens is 1. The van der Waals surface area contributed by atoms with Gasteiger partial charge in [-0.25, -0.2) is 14.8 Å². The maximum absolute atomic E-state index is 12.5. The molecule has 0 radical (unpaired) electrons. The summed E-state index contributed by atoms with van der Waals surface area (Å²) in [7, 11) is 6.03. The van der Waals surface area contributed by atoms with Gasteiger partial charge in [-0.05, 0) is 42.5 Å². The van der Waals surface area contributed by atoms with E-state index >= 15 is 0 Å². The highest BCUT2D eigenvalue weighted by Crippen LogP contribution is 2.39. The molecule has 0 N–H and O–H groups in total. The number of hydrogen-bond donors (Lipinski definition) is 0. The molecule has 0 aliphatic carbocycles. The Labute approximate surface area is 185 Å². The summed E-state index contributed by atoms with van der Waals surface area (Å²) in [6, 6.07) is 5.17. The molecular weight excluding hydrogens is 412 g/mol. The van der Waals surface area contributed by atoms with E-state index in [-0.39, 0.29) is 11.6 Å². The van der Waals surface area contributed by atoms with Crippen molar-refractivity contribution in [2.75, 3.05) is 28.4 Å². The number of cyclic esters (lactones) is 1. The van der Waals surface area contributed by atoms with Gasteiger partial charge in [-0.15, -0.1) is 0 Å². The van der Waals surface area contributed by atoms with Gasteiger partial charge in [0.2, 0.25) is 17.5 Å². The molecule has 0 spiro atoms. The molecule has 0 unspecified atom stereocenters. The molecule has 1 aromatic heterocycles. The number of ether oxygens (including phenoxy) is 5. The number of esters is 1. The lowest BCUT2D eigenvalue weighted by atomic mass is 10.1. The van der Waals surface area contributed by atoms with Crippen LogP contribution < -0.4 is 29.5 Å². The van der Waals surface area contributed by atoms with E-state index in [1.165, 1.54) is 28.4 Å². The number of aliphatic imine (C=N–C) groups is 1. The van der Waals surface area contributed by atoms with Crippen molar-refractivity contribution in [1.29, 1.82) is 0 Å². The number of carbonyl (C=O) groups excluding carboxylic acids is 1. The molecule has 1 aliphatic rings. The van der Waals surface area contributed by atoms with Crippen LogP contribution in [-0.2, 0) is 9.53 Å². The van der Waals surface area contributed by atoms with E-state index in [9.17, 15) is 4.79 Å². The molecule has 0 amide bonds. The highest BCUT2D eigenvalue weighted by Gasteiger charge is 2.27. The Morgan fingerprint density at radius 3 is 2.22 bits per heavy atom. The average molecular weight is 436 g/mol. The Bertz CT molecular complexity index is 1220. The largest absolute Gasteiger partial charge is 0.493 e. The minimum atomic E-state index is -0.598. The average Bonchev–Trinajstić information content (AvgIpc) is 3.18. The number of carbonyl (C=O) groups is 1. The molecule has 166 valence electrons. The first-order valence-electron chi connectivity index (χ1n) is 9.66. The fourth-order valence-electron chi connectivity index (χ4n) is 3.17. The molecule has 8 nitrogen and oxygen atoms in total. The first-order valence-corrected chi connectivity index (χ1v) is 9.66. The first kappa shape index (κ1) is 22.6. The van der Waals surface area contributed by atoms with E-state index in [1.807, 2.05) is 19.1 Å². The van der Waals surface area contributed by atoms with E-state index < -0.39 is 5.97 Å². The fraction of sp³-hybridized carbons (Fsp3) is 0.208. The molecular formula is C24H24N2O6. The number of allylic oxidation sites excluding steroid dienone is 1. The summed E-state index contributed by atoms with van der Waals surface area (Å²) in [5.74, 6) is 1.13. The van der Waals surface area contributed by atoms with Gasteiger partial charge in [-0.1, -0.05) is 18.7 Å². The zero-order valence-electron chi connectivity index (χ0n) is 18.6. The summed E-state index contributed by atoms with van der Waals surface area (Å²) in [5, 5.41) is 1.56. The van der Waals surface area contributed by atoms with Gasteiger partial charge in [0.05, 0.1) is 33.8 Å². The van der Waals surface area contributed by atoms with Crippen molar-refractivity contribution in [3.05, 3.63) is 58.2 Å². The maximum Gasteiger partial charge on any atom is 0.363 e. The van der Waals surface area contributed by atoms with E-state index in [4.69, 9.17) is 23.7 Å². The molecule has 2 heterocycles. The van der Waals surface area contributed by atoms with Gasteiger partial charge in [0.1, 0.15) is 0 Å². The Balaban J connectivity index is 2.11. The van der Waals surface area contributed by atoms with Crippen LogP contribution in [0.1, 0.15) is 18.1 Å². The molecule has 0 saturated heterocycles. The normalized spacial score (nSPS) is 15.5. The molecule has 1 aliphatic heterocycles. The van der Waals surface area contributed by atoms with Crippen molar-refractivity contribution < 1.29 is 28.5 Å². The van der Waals surface area contributed by atoms with Gasteiger partial charge in [0, 0.05) is 11.1 Å². The minimum absolute atomic E-state index is 0.108. The molecule has 0 fully saturated rings. The van der Waals surface area contributed by atoms with Crippen LogP contribution in [0.3, 0.4) is 0 Å². The molecule has 1 aromatic carbocycles. The first-order chi connectivity index (χ1) is 15.5. The second kappa shape index (κ2) is 9.82. The quantitative estimate of drug-likeness (QED) is 0.486. The highest BCUT2D eigenvalue weighted by molar-refractivity contribution is 6.13. The topological polar surface area (TPSA) is 88.5 Å². The zero-order valence-corrected chi connectivity index (χ0v) is 18.6. The lowest BCUT2D eigenvalue weighted by Crippen LogP contribution is -2.28. The SMILES string of the molecule is C=C/C=c1/nc(OC)c(/C=C2\N=C(c3cc(OC)c(OC)c(OC)c3)OC2=O)c/c1=C/C. The second-order valence-corrected chi connectivity index (χ2v) is 6.50. The van der Waals surface area contributed by atoms with Gasteiger partial charge in [0.15, 0.2) is 17.2 Å². The summed E-state index contributed by atoms with van der Waals surface area (Å²) in [6.45, 7) is 5.60. The van der Waals surface area contributed by atoms with Gasteiger partial charge in [-0.3, -0.25) is 0 Å². The monoisotopic (exact) mass is 436 g/mol. The Hall–Kier alpha value is -4.07. The number of nitrogens with zero attached hydrogens (tertiary/aromatic N) is 2. The summed E-state index contributed by atoms with van der Waals surface area (Å²) >= 11 is 0. The third-order valence-electron chi connectivity index (χ3n) is 4.68. The minimum Gasteiger partial charge on any atom is -0.493 e. The predicted octanol–water partition coefficient (Wildman–Crippen LogP) is 2.23. The lowest BCUT2D eigenvalue weighted by molar-refractivity contribution is -0.129. The summed E-state index contributed by atoms with van der Waals surface area (Å²) < 4.78 is 26.9. The van der Waals surface area contributed by atoms with Gasteiger partial charge >= 0.3 is 5.97 Å². The van der Waals surface area contributed by atoms with E-state index in [1.54, 1.807) is 30.4 Å². The third kappa shape index (κ3) is 4.34. The number of methoxy groups -OCH3 is 4. The van der Waals surface area contributed by atoms with Crippen molar-refractivity contribution >= 4 is 30.1 Å². The summed E-state index contributed by atoms with van der Waals surface area (Å²) in [4.78, 5) is 21.4. The highest BCUT2D eigenvalue weighted by atomic mass is 16.6. The zero-order chi connectivity index (χ0) is 23.3. The summed E-state index contributed by atoms with van der Waals surface area (Å²) in [6.07, 6.45) is 6.90. The Morgan fingerprint density at radius 2 is 1.69 bits per heavy atom. The fourth-order valence-corrected chi connectivity index (χ4v) is 3.17. The second-order valence-electron chi connectivity index (χ2n) is 6.50. The van der Waals surface area contributed by atoms with E-state index in [2.05, 4.69) is 16.6 Å². The van der Waals surface area contributed by atoms with Crippen LogP contribution in [0.5, 0.6) is 23.1 Å². The number of hydrogen-bond acceptors (Lipinski definition) is 8. The molecule has 2 aromatic rings. The van der Waals surface area contributed by atoms with Gasteiger partial charge in [-0.2, -0.15) is 0 Å². The smallest absolute Gasteiger partial charge is 0.363 e. The van der Waals surface area contributed by atoms with Crippen LogP contribution in [0.4, 0.5) is 0 Å². The number of benzene rings is 1. The van der Waals surface area contributed by atoms with Crippen LogP contribution in [0, 0.1) is 0 Å². The van der Waals surface area contributed by atoms with Crippen molar-refractivity contribution in [1.82, 2.24) is 4.98 Å². The number of pyridine rings is 1. The molecule has 0 atom stereocenters. The van der Waals surface area contributed by atoms with Crippen LogP contribution in [0.2, 0.25) is 0 Å².